The van der Waals surface area contributed by atoms with Gasteiger partial charge in [0.05, 0.1) is 5.69 Å². The first-order chi connectivity index (χ1) is 8.61. The lowest BCUT2D eigenvalue weighted by Crippen LogP contribution is -2.38. The van der Waals surface area contributed by atoms with Crippen LogP contribution in [0.3, 0.4) is 0 Å². The number of piperidine rings is 1. The Kier molecular flexibility index (Phi) is 3.94. The van der Waals surface area contributed by atoms with Crippen molar-refractivity contribution in [2.24, 2.45) is 5.92 Å². The summed E-state index contributed by atoms with van der Waals surface area (Å²) in [5.74, 6) is 0.869. The van der Waals surface area contributed by atoms with Crippen LogP contribution in [-0.2, 0) is 6.54 Å². The lowest BCUT2D eigenvalue weighted by atomic mass is 9.99. The molecule has 0 bridgehead atoms. The van der Waals surface area contributed by atoms with Gasteiger partial charge >= 0.3 is 0 Å². The van der Waals surface area contributed by atoms with Crippen molar-refractivity contribution in [2.45, 2.75) is 39.7 Å². The number of rotatable bonds is 3. The molecule has 1 saturated heterocycles. The summed E-state index contributed by atoms with van der Waals surface area (Å²) < 4.78 is 1.98. The molecule has 1 aliphatic heterocycles. The highest BCUT2D eigenvalue weighted by molar-refractivity contribution is 5.93. The van der Waals surface area contributed by atoms with Gasteiger partial charge in [0.15, 0.2) is 0 Å². The molecule has 18 heavy (non-hydrogen) atoms. The van der Waals surface area contributed by atoms with Crippen LogP contribution in [0.2, 0.25) is 0 Å². The molecule has 0 aromatic carbocycles. The number of nitrogens with two attached hydrogens (primary N) is 1. The number of aryl methyl sites for hydroxylation is 1. The standard InChI is InChI=1S/C14H23N3O/c1-3-6-17-10-12(15)9-13(17)14(18)16-7-4-11(2)5-8-16/h9-11H,3-8,15H2,1-2H3. The molecule has 1 amide bonds. The zero-order valence-corrected chi connectivity index (χ0v) is 11.4. The quantitative estimate of drug-likeness (QED) is 0.894. The Hall–Kier alpha value is -1.45. The number of hydrogen-bond donors (Lipinski definition) is 1. The summed E-state index contributed by atoms with van der Waals surface area (Å²) in [5, 5.41) is 0. The average molecular weight is 249 g/mol. The van der Waals surface area contributed by atoms with Gasteiger partial charge in [0, 0.05) is 25.8 Å². The number of aromatic nitrogens is 1. The normalized spacial score (nSPS) is 17.1. The molecule has 4 nitrogen and oxygen atoms in total. The van der Waals surface area contributed by atoms with Gasteiger partial charge in [-0.25, -0.2) is 0 Å². The number of carbonyl (C=O) groups excluding carboxylic acids is 1. The highest BCUT2D eigenvalue weighted by Crippen LogP contribution is 2.20. The average Bonchev–Trinajstić information content (AvgIpc) is 2.71. The highest BCUT2D eigenvalue weighted by atomic mass is 16.2. The third-order valence-electron chi connectivity index (χ3n) is 3.67. The van der Waals surface area contributed by atoms with Crippen LogP contribution in [0.15, 0.2) is 12.3 Å². The van der Waals surface area contributed by atoms with Gasteiger partial charge < -0.3 is 15.2 Å². The fourth-order valence-corrected chi connectivity index (χ4v) is 2.51. The molecule has 1 aromatic heterocycles. The van der Waals surface area contributed by atoms with Gasteiger partial charge in [0.1, 0.15) is 5.69 Å². The Morgan fingerprint density at radius 2 is 2.11 bits per heavy atom. The highest BCUT2D eigenvalue weighted by Gasteiger charge is 2.23. The molecular weight excluding hydrogens is 226 g/mol. The van der Waals surface area contributed by atoms with Gasteiger partial charge in [0.25, 0.3) is 5.91 Å². The van der Waals surface area contributed by atoms with Gasteiger partial charge in [-0.3, -0.25) is 4.79 Å². The zero-order chi connectivity index (χ0) is 13.1. The number of amides is 1. The van der Waals surface area contributed by atoms with Gasteiger partial charge in [-0.2, -0.15) is 0 Å². The van der Waals surface area contributed by atoms with E-state index in [-0.39, 0.29) is 5.91 Å². The predicted molar refractivity (Wildman–Crippen MR) is 73.4 cm³/mol. The van der Waals surface area contributed by atoms with E-state index in [9.17, 15) is 4.79 Å². The van der Waals surface area contributed by atoms with Crippen molar-refractivity contribution in [1.29, 1.82) is 0 Å². The predicted octanol–water partition coefficient (Wildman–Crippen LogP) is 2.35. The molecule has 0 spiro atoms. The molecule has 2 rings (SSSR count). The zero-order valence-electron chi connectivity index (χ0n) is 11.4. The van der Waals surface area contributed by atoms with E-state index in [0.717, 1.165) is 50.5 Å². The van der Waals surface area contributed by atoms with E-state index in [1.165, 1.54) is 0 Å². The SMILES string of the molecule is CCCn1cc(N)cc1C(=O)N1CCC(C)CC1. The van der Waals surface area contributed by atoms with Crippen molar-refractivity contribution in [1.82, 2.24) is 9.47 Å². The number of anilines is 1. The second-order valence-electron chi connectivity index (χ2n) is 5.33. The molecule has 1 aromatic rings. The molecule has 1 fully saturated rings. The summed E-state index contributed by atoms with van der Waals surface area (Å²) in [5.41, 5.74) is 7.23. The van der Waals surface area contributed by atoms with E-state index in [1.54, 1.807) is 6.07 Å². The third kappa shape index (κ3) is 2.68. The van der Waals surface area contributed by atoms with Crippen molar-refractivity contribution in [3.05, 3.63) is 18.0 Å². The van der Waals surface area contributed by atoms with E-state index in [4.69, 9.17) is 5.73 Å². The van der Waals surface area contributed by atoms with Crippen molar-refractivity contribution in [2.75, 3.05) is 18.8 Å². The van der Waals surface area contributed by atoms with Crippen LogP contribution in [0, 0.1) is 5.92 Å². The molecule has 0 aliphatic carbocycles. The first-order valence-corrected chi connectivity index (χ1v) is 6.86. The van der Waals surface area contributed by atoms with Crippen LogP contribution in [0.25, 0.3) is 0 Å². The van der Waals surface area contributed by atoms with Crippen molar-refractivity contribution >= 4 is 11.6 Å². The van der Waals surface area contributed by atoms with Crippen molar-refractivity contribution in [3.63, 3.8) is 0 Å². The summed E-state index contributed by atoms with van der Waals surface area (Å²) in [6.07, 6.45) is 5.08. The smallest absolute Gasteiger partial charge is 0.270 e. The monoisotopic (exact) mass is 249 g/mol. The Labute approximate surface area is 109 Å². The lowest BCUT2D eigenvalue weighted by Gasteiger charge is -2.30. The minimum atomic E-state index is 0.132. The molecule has 0 unspecified atom stereocenters. The molecular formula is C14H23N3O. The van der Waals surface area contributed by atoms with E-state index in [2.05, 4.69) is 13.8 Å². The van der Waals surface area contributed by atoms with E-state index < -0.39 is 0 Å². The minimum absolute atomic E-state index is 0.132. The molecule has 4 heteroatoms. The Morgan fingerprint density at radius 1 is 1.44 bits per heavy atom. The fraction of sp³-hybridized carbons (Fsp3) is 0.643. The minimum Gasteiger partial charge on any atom is -0.397 e. The lowest BCUT2D eigenvalue weighted by molar-refractivity contribution is 0.0686. The summed E-state index contributed by atoms with van der Waals surface area (Å²) in [6, 6.07) is 1.80. The van der Waals surface area contributed by atoms with Crippen molar-refractivity contribution < 1.29 is 4.79 Å². The Balaban J connectivity index is 2.12. The van der Waals surface area contributed by atoms with Gasteiger partial charge in [-0.15, -0.1) is 0 Å². The maximum Gasteiger partial charge on any atom is 0.270 e. The summed E-state index contributed by atoms with van der Waals surface area (Å²) >= 11 is 0. The fourth-order valence-electron chi connectivity index (χ4n) is 2.51. The number of nitrogen functional groups attached to an aromatic ring is 1. The van der Waals surface area contributed by atoms with E-state index >= 15 is 0 Å². The number of nitrogens with zero attached hydrogens (tertiary/aromatic N) is 2. The maximum atomic E-state index is 12.5. The topological polar surface area (TPSA) is 51.3 Å². The summed E-state index contributed by atoms with van der Waals surface area (Å²) in [6.45, 7) is 6.95. The molecule has 0 saturated carbocycles. The van der Waals surface area contributed by atoms with Gasteiger partial charge in [-0.05, 0) is 31.2 Å². The first-order valence-electron chi connectivity index (χ1n) is 6.86. The molecule has 0 radical (unpaired) electrons. The molecule has 0 atom stereocenters. The second-order valence-corrected chi connectivity index (χ2v) is 5.33. The van der Waals surface area contributed by atoms with E-state index in [0.29, 0.717) is 5.69 Å². The molecule has 1 aliphatic rings. The molecule has 100 valence electrons. The Morgan fingerprint density at radius 3 is 2.72 bits per heavy atom. The van der Waals surface area contributed by atoms with E-state index in [1.807, 2.05) is 15.7 Å². The van der Waals surface area contributed by atoms with Crippen LogP contribution in [0.4, 0.5) is 5.69 Å². The van der Waals surface area contributed by atoms with Gasteiger partial charge in [-0.1, -0.05) is 13.8 Å². The molecule has 2 N–H and O–H groups in total. The second kappa shape index (κ2) is 5.46. The summed E-state index contributed by atoms with van der Waals surface area (Å²) in [4.78, 5) is 14.4. The van der Waals surface area contributed by atoms with Crippen LogP contribution in [0.1, 0.15) is 43.6 Å². The first kappa shape index (κ1) is 13.0. The van der Waals surface area contributed by atoms with Crippen LogP contribution in [-0.4, -0.2) is 28.5 Å². The van der Waals surface area contributed by atoms with Crippen LogP contribution >= 0.6 is 0 Å². The number of hydrogen-bond acceptors (Lipinski definition) is 2. The number of likely N-dealkylation sites (tertiary alicyclic amines) is 1. The van der Waals surface area contributed by atoms with Crippen molar-refractivity contribution in [3.8, 4) is 0 Å². The third-order valence-corrected chi connectivity index (χ3v) is 3.67. The molecule has 2 heterocycles. The van der Waals surface area contributed by atoms with Crippen LogP contribution < -0.4 is 5.73 Å². The Bertz CT molecular complexity index is 417. The van der Waals surface area contributed by atoms with Gasteiger partial charge in [0.2, 0.25) is 0 Å². The van der Waals surface area contributed by atoms with Crippen LogP contribution in [0.5, 0.6) is 0 Å². The summed E-state index contributed by atoms with van der Waals surface area (Å²) in [7, 11) is 0. The number of carbonyl (C=O) groups is 1. The maximum absolute atomic E-state index is 12.5. The largest absolute Gasteiger partial charge is 0.397 e.